The molecule has 0 bridgehead atoms. The quantitative estimate of drug-likeness (QED) is 0.412. The Kier molecular flexibility index (Phi) is 3.29. The van der Waals surface area contributed by atoms with E-state index >= 15 is 0 Å². The Bertz CT molecular complexity index is 380. The number of hydrogen-bond acceptors (Lipinski definition) is 3. The molecule has 3 heteroatoms. The van der Waals surface area contributed by atoms with Gasteiger partial charge >= 0.3 is 0 Å². The molecule has 0 aliphatic carbocycles. The smallest absolute Gasteiger partial charge is 0.229 e. The molecule has 1 aromatic rings. The molecular formula is C11H10O3. The van der Waals surface area contributed by atoms with Crippen LogP contribution in [-0.4, -0.2) is 17.9 Å². The Hall–Kier alpha value is -1.77. The molecule has 0 aliphatic rings. The summed E-state index contributed by atoms with van der Waals surface area (Å²) < 4.78 is 0. The Balaban J connectivity index is 3.12. The molecule has 14 heavy (non-hydrogen) atoms. The third-order valence-electron chi connectivity index (χ3n) is 1.91. The van der Waals surface area contributed by atoms with Gasteiger partial charge in [0.2, 0.25) is 11.6 Å². The minimum atomic E-state index is -0.588. The van der Waals surface area contributed by atoms with Gasteiger partial charge in [-0.3, -0.25) is 14.4 Å². The van der Waals surface area contributed by atoms with Gasteiger partial charge in [-0.15, -0.1) is 0 Å². The van der Waals surface area contributed by atoms with Crippen molar-refractivity contribution in [2.24, 2.45) is 0 Å². The zero-order valence-electron chi connectivity index (χ0n) is 7.82. The minimum absolute atomic E-state index is 0.159. The number of carbonyl (C=O) groups is 3. The number of ketones is 2. The summed E-state index contributed by atoms with van der Waals surface area (Å²) >= 11 is 0. The van der Waals surface area contributed by atoms with Crippen LogP contribution in [-0.2, 0) is 4.79 Å². The highest BCUT2D eigenvalue weighted by Gasteiger charge is 2.16. The van der Waals surface area contributed by atoms with Crippen LogP contribution in [0.25, 0.3) is 0 Å². The minimum Gasteiger partial charge on any atom is -0.298 e. The number of carbonyl (C=O) groups excluding carboxylic acids is 3. The van der Waals surface area contributed by atoms with Gasteiger partial charge < -0.3 is 0 Å². The molecule has 1 aromatic carbocycles. The van der Waals surface area contributed by atoms with Gasteiger partial charge in [-0.1, -0.05) is 31.2 Å². The van der Waals surface area contributed by atoms with E-state index < -0.39 is 11.6 Å². The lowest BCUT2D eigenvalue weighted by Crippen LogP contribution is -2.14. The van der Waals surface area contributed by atoms with Gasteiger partial charge in [0.05, 0.1) is 0 Å². The normalized spacial score (nSPS) is 9.50. The second kappa shape index (κ2) is 4.46. The lowest BCUT2D eigenvalue weighted by molar-refractivity contribution is -0.114. The van der Waals surface area contributed by atoms with E-state index in [9.17, 15) is 14.4 Å². The monoisotopic (exact) mass is 190 g/mol. The summed E-state index contributed by atoms with van der Waals surface area (Å²) in [5, 5.41) is 0. The fourth-order valence-corrected chi connectivity index (χ4v) is 1.12. The first-order valence-corrected chi connectivity index (χ1v) is 4.32. The lowest BCUT2D eigenvalue weighted by Gasteiger charge is -2.00. The van der Waals surface area contributed by atoms with Gasteiger partial charge in [0.15, 0.2) is 6.29 Å². The van der Waals surface area contributed by atoms with Crippen molar-refractivity contribution in [1.29, 1.82) is 0 Å². The maximum atomic E-state index is 11.4. The van der Waals surface area contributed by atoms with E-state index in [1.807, 2.05) is 0 Å². The first-order chi connectivity index (χ1) is 6.70. The average molecular weight is 190 g/mol. The van der Waals surface area contributed by atoms with Crippen LogP contribution in [0.3, 0.4) is 0 Å². The molecule has 0 heterocycles. The van der Waals surface area contributed by atoms with E-state index in [2.05, 4.69) is 0 Å². The molecule has 0 radical (unpaired) electrons. The molecule has 3 nitrogen and oxygen atoms in total. The van der Waals surface area contributed by atoms with Gasteiger partial charge in [-0.25, -0.2) is 0 Å². The van der Waals surface area contributed by atoms with Crippen LogP contribution < -0.4 is 0 Å². The summed E-state index contributed by atoms with van der Waals surface area (Å²) in [5.74, 6) is -1.06. The fraction of sp³-hybridized carbons (Fsp3) is 0.182. The molecule has 0 amide bonds. The van der Waals surface area contributed by atoms with Crippen LogP contribution in [0.15, 0.2) is 24.3 Å². The largest absolute Gasteiger partial charge is 0.298 e. The summed E-state index contributed by atoms with van der Waals surface area (Å²) in [6, 6.07) is 6.28. The zero-order chi connectivity index (χ0) is 10.6. The van der Waals surface area contributed by atoms with E-state index in [0.717, 1.165) is 0 Å². The third kappa shape index (κ3) is 1.93. The van der Waals surface area contributed by atoms with Crippen LogP contribution in [0.5, 0.6) is 0 Å². The molecule has 0 saturated heterocycles. The summed E-state index contributed by atoms with van der Waals surface area (Å²) in [4.78, 5) is 33.1. The molecule has 1 rings (SSSR count). The first-order valence-electron chi connectivity index (χ1n) is 4.32. The van der Waals surface area contributed by atoms with Crippen molar-refractivity contribution < 1.29 is 14.4 Å². The Morgan fingerprint density at radius 3 is 2.50 bits per heavy atom. The molecule has 0 saturated carbocycles. The second-order valence-corrected chi connectivity index (χ2v) is 2.81. The molecule has 0 aliphatic heterocycles. The molecule has 0 fully saturated rings. The topological polar surface area (TPSA) is 51.2 Å². The second-order valence-electron chi connectivity index (χ2n) is 2.81. The predicted octanol–water partition coefficient (Wildman–Crippen LogP) is 1.66. The molecule has 0 N–H and O–H groups in total. The SMILES string of the molecule is CCC(=O)C(=O)c1ccccc1C=O. The molecule has 0 aromatic heterocycles. The van der Waals surface area contributed by atoms with Gasteiger partial charge in [0.1, 0.15) is 0 Å². The number of benzene rings is 1. The lowest BCUT2D eigenvalue weighted by atomic mass is 10.0. The van der Waals surface area contributed by atoms with Gasteiger partial charge in [-0.2, -0.15) is 0 Å². The standard InChI is InChI=1S/C11H10O3/c1-2-10(13)11(14)9-6-4-3-5-8(9)7-12/h3-7H,2H2,1H3. The number of aldehydes is 1. The van der Waals surface area contributed by atoms with Crippen LogP contribution >= 0.6 is 0 Å². The maximum absolute atomic E-state index is 11.4. The summed E-state index contributed by atoms with van der Waals surface area (Å²) in [6.45, 7) is 1.61. The van der Waals surface area contributed by atoms with Crippen LogP contribution in [0.1, 0.15) is 34.1 Å². The maximum Gasteiger partial charge on any atom is 0.229 e. The van der Waals surface area contributed by atoms with Crippen molar-refractivity contribution in [3.05, 3.63) is 35.4 Å². The molecule has 72 valence electrons. The zero-order valence-corrected chi connectivity index (χ0v) is 7.82. The van der Waals surface area contributed by atoms with Crippen molar-refractivity contribution in [3.8, 4) is 0 Å². The Labute approximate surface area is 81.7 Å². The highest BCUT2D eigenvalue weighted by molar-refractivity contribution is 6.44. The highest BCUT2D eigenvalue weighted by Crippen LogP contribution is 2.08. The number of Topliss-reactive ketones (excluding diaryl/α,β-unsaturated/α-hetero) is 2. The van der Waals surface area contributed by atoms with Crippen molar-refractivity contribution in [1.82, 2.24) is 0 Å². The number of rotatable bonds is 4. The van der Waals surface area contributed by atoms with E-state index in [4.69, 9.17) is 0 Å². The summed E-state index contributed by atoms with van der Waals surface area (Å²) in [5.41, 5.74) is 0.452. The van der Waals surface area contributed by atoms with Crippen molar-refractivity contribution >= 4 is 17.9 Å². The van der Waals surface area contributed by atoms with E-state index in [-0.39, 0.29) is 17.5 Å². The van der Waals surface area contributed by atoms with Gasteiger partial charge in [-0.05, 0) is 0 Å². The van der Waals surface area contributed by atoms with Gasteiger partial charge in [0, 0.05) is 17.5 Å². The third-order valence-corrected chi connectivity index (χ3v) is 1.91. The van der Waals surface area contributed by atoms with Crippen LogP contribution in [0, 0.1) is 0 Å². The predicted molar refractivity (Wildman–Crippen MR) is 51.5 cm³/mol. The Morgan fingerprint density at radius 1 is 1.29 bits per heavy atom. The van der Waals surface area contributed by atoms with Gasteiger partial charge in [0.25, 0.3) is 0 Å². The van der Waals surface area contributed by atoms with Crippen LogP contribution in [0.2, 0.25) is 0 Å². The van der Waals surface area contributed by atoms with Crippen molar-refractivity contribution in [2.45, 2.75) is 13.3 Å². The van der Waals surface area contributed by atoms with E-state index in [1.54, 1.807) is 19.1 Å². The molecule has 0 spiro atoms. The van der Waals surface area contributed by atoms with Crippen molar-refractivity contribution in [3.63, 3.8) is 0 Å². The van der Waals surface area contributed by atoms with E-state index in [1.165, 1.54) is 12.1 Å². The highest BCUT2D eigenvalue weighted by atomic mass is 16.2. The average Bonchev–Trinajstić information content (AvgIpc) is 2.26. The Morgan fingerprint density at radius 2 is 1.93 bits per heavy atom. The summed E-state index contributed by atoms with van der Waals surface area (Å²) in [6.07, 6.45) is 0.738. The molecular weight excluding hydrogens is 180 g/mol. The van der Waals surface area contributed by atoms with Crippen LogP contribution in [0.4, 0.5) is 0 Å². The van der Waals surface area contributed by atoms with Crippen molar-refractivity contribution in [2.75, 3.05) is 0 Å². The molecule has 0 atom stereocenters. The number of hydrogen-bond donors (Lipinski definition) is 0. The van der Waals surface area contributed by atoms with E-state index in [0.29, 0.717) is 6.29 Å². The summed E-state index contributed by atoms with van der Waals surface area (Å²) in [7, 11) is 0. The fourth-order valence-electron chi connectivity index (χ4n) is 1.12. The first kappa shape index (κ1) is 10.3. The molecule has 0 unspecified atom stereocenters.